The lowest BCUT2D eigenvalue weighted by molar-refractivity contribution is 0.309. The Labute approximate surface area is 107 Å². The van der Waals surface area contributed by atoms with Gasteiger partial charge in [0.25, 0.3) is 0 Å². The second-order valence-electron chi connectivity index (χ2n) is 5.24. The first kappa shape index (κ1) is 11.6. The van der Waals surface area contributed by atoms with Crippen LogP contribution in [0.3, 0.4) is 0 Å². The van der Waals surface area contributed by atoms with Gasteiger partial charge in [-0.25, -0.2) is 4.98 Å². The lowest BCUT2D eigenvalue weighted by Crippen LogP contribution is -2.40. The van der Waals surface area contributed by atoms with Crippen molar-refractivity contribution in [1.29, 1.82) is 0 Å². The molecule has 2 fully saturated rings. The van der Waals surface area contributed by atoms with Crippen LogP contribution in [0.15, 0.2) is 5.38 Å². The second kappa shape index (κ2) is 5.04. The van der Waals surface area contributed by atoms with Crippen molar-refractivity contribution < 1.29 is 0 Å². The molecule has 3 nitrogen and oxygen atoms in total. The first-order valence-corrected chi connectivity index (χ1v) is 7.62. The lowest BCUT2D eigenvalue weighted by atomic mass is 9.94. The van der Waals surface area contributed by atoms with E-state index >= 15 is 0 Å². The largest absolute Gasteiger partial charge is 0.312 e. The van der Waals surface area contributed by atoms with Gasteiger partial charge < -0.3 is 5.32 Å². The van der Waals surface area contributed by atoms with Crippen LogP contribution < -0.4 is 5.32 Å². The van der Waals surface area contributed by atoms with Crippen molar-refractivity contribution in [2.45, 2.75) is 38.8 Å². The molecule has 0 amide bonds. The van der Waals surface area contributed by atoms with E-state index in [0.717, 1.165) is 24.9 Å². The summed E-state index contributed by atoms with van der Waals surface area (Å²) in [5, 5.41) is 7.16. The zero-order valence-corrected chi connectivity index (χ0v) is 11.3. The predicted molar refractivity (Wildman–Crippen MR) is 71.3 cm³/mol. The highest BCUT2D eigenvalue weighted by Crippen LogP contribution is 2.26. The van der Waals surface area contributed by atoms with Crippen molar-refractivity contribution >= 4 is 11.3 Å². The van der Waals surface area contributed by atoms with Gasteiger partial charge in [0, 0.05) is 31.1 Å². The Morgan fingerprint density at radius 3 is 3.24 bits per heavy atom. The molecule has 0 saturated carbocycles. The summed E-state index contributed by atoms with van der Waals surface area (Å²) in [7, 11) is 0. The summed E-state index contributed by atoms with van der Waals surface area (Å²) in [5.74, 6) is 0.882. The van der Waals surface area contributed by atoms with Gasteiger partial charge in [0.15, 0.2) is 0 Å². The summed E-state index contributed by atoms with van der Waals surface area (Å²) in [6.45, 7) is 6.91. The van der Waals surface area contributed by atoms with Gasteiger partial charge in [0.05, 0.1) is 10.7 Å². The molecule has 2 aliphatic heterocycles. The third-order valence-corrected chi connectivity index (χ3v) is 5.00. The van der Waals surface area contributed by atoms with E-state index in [4.69, 9.17) is 0 Å². The highest BCUT2D eigenvalue weighted by molar-refractivity contribution is 7.09. The van der Waals surface area contributed by atoms with Crippen molar-refractivity contribution in [2.75, 3.05) is 19.6 Å². The van der Waals surface area contributed by atoms with Crippen LogP contribution in [-0.4, -0.2) is 35.6 Å². The Balaban J connectivity index is 1.59. The maximum Gasteiger partial charge on any atom is 0.0926 e. The molecular weight excluding hydrogens is 230 g/mol. The Morgan fingerprint density at radius 2 is 2.47 bits per heavy atom. The number of aromatic nitrogens is 1. The zero-order valence-electron chi connectivity index (χ0n) is 10.5. The van der Waals surface area contributed by atoms with Gasteiger partial charge in [-0.2, -0.15) is 0 Å². The molecule has 2 saturated heterocycles. The van der Waals surface area contributed by atoms with Gasteiger partial charge >= 0.3 is 0 Å². The number of rotatable bonds is 3. The highest BCUT2D eigenvalue weighted by atomic mass is 32.1. The van der Waals surface area contributed by atoms with E-state index in [1.807, 2.05) is 0 Å². The van der Waals surface area contributed by atoms with Crippen LogP contribution in [0.25, 0.3) is 0 Å². The lowest BCUT2D eigenvalue weighted by Gasteiger charge is -2.24. The van der Waals surface area contributed by atoms with E-state index < -0.39 is 0 Å². The molecule has 17 heavy (non-hydrogen) atoms. The number of nitrogens with one attached hydrogen (secondary N) is 1. The smallest absolute Gasteiger partial charge is 0.0926 e. The summed E-state index contributed by atoms with van der Waals surface area (Å²) < 4.78 is 0. The Kier molecular flexibility index (Phi) is 3.45. The molecule has 3 rings (SSSR count). The Bertz CT molecular complexity index is 362. The number of thiazole rings is 1. The van der Waals surface area contributed by atoms with Crippen LogP contribution in [0.5, 0.6) is 0 Å². The van der Waals surface area contributed by atoms with Crippen LogP contribution >= 0.6 is 11.3 Å². The molecule has 1 N–H and O–H groups in total. The SMILES string of the molecule is CCc1nc(CN2C[C@@H]3CCCN[C@@H]3C2)cs1. The van der Waals surface area contributed by atoms with Gasteiger partial charge in [-0.15, -0.1) is 11.3 Å². The molecule has 0 aromatic carbocycles. The minimum atomic E-state index is 0.744. The molecule has 1 aromatic rings. The predicted octanol–water partition coefficient (Wildman–Crippen LogP) is 1.89. The van der Waals surface area contributed by atoms with Crippen LogP contribution in [-0.2, 0) is 13.0 Å². The molecule has 0 bridgehead atoms. The molecule has 0 radical (unpaired) electrons. The van der Waals surface area contributed by atoms with Gasteiger partial charge in [0.2, 0.25) is 0 Å². The first-order chi connectivity index (χ1) is 8.35. The van der Waals surface area contributed by atoms with Crippen LogP contribution in [0.2, 0.25) is 0 Å². The number of nitrogens with zero attached hydrogens (tertiary/aromatic N) is 2. The molecule has 2 aliphatic rings. The third kappa shape index (κ3) is 2.54. The van der Waals surface area contributed by atoms with Crippen LogP contribution in [0.1, 0.15) is 30.5 Å². The number of piperidine rings is 1. The fraction of sp³-hybridized carbons (Fsp3) is 0.769. The number of aryl methyl sites for hydroxylation is 1. The molecule has 4 heteroatoms. The van der Waals surface area contributed by atoms with Crippen molar-refractivity contribution in [3.8, 4) is 0 Å². The summed E-state index contributed by atoms with van der Waals surface area (Å²) in [6.07, 6.45) is 3.83. The molecule has 2 atom stereocenters. The highest BCUT2D eigenvalue weighted by Gasteiger charge is 2.34. The molecule has 1 aromatic heterocycles. The standard InChI is InChI=1S/C13H21N3S/c1-2-13-15-11(9-17-13)7-16-6-10-4-3-5-14-12(10)8-16/h9-10,12,14H,2-8H2,1H3/t10-,12+/m0/s1. The zero-order chi connectivity index (χ0) is 11.7. The normalized spacial score (nSPS) is 29.5. The average molecular weight is 251 g/mol. The first-order valence-electron chi connectivity index (χ1n) is 6.74. The van der Waals surface area contributed by atoms with Gasteiger partial charge in [-0.05, 0) is 31.7 Å². The number of likely N-dealkylation sites (tertiary alicyclic amines) is 1. The number of fused-ring (bicyclic) bond motifs is 1. The van der Waals surface area contributed by atoms with E-state index in [9.17, 15) is 0 Å². The van der Waals surface area contributed by atoms with Crippen molar-refractivity contribution in [3.63, 3.8) is 0 Å². The summed E-state index contributed by atoms with van der Waals surface area (Å²) in [4.78, 5) is 7.24. The Morgan fingerprint density at radius 1 is 1.53 bits per heavy atom. The van der Waals surface area contributed by atoms with Gasteiger partial charge in [-0.3, -0.25) is 4.90 Å². The van der Waals surface area contributed by atoms with E-state index in [2.05, 4.69) is 27.5 Å². The maximum absolute atomic E-state index is 4.67. The molecule has 94 valence electrons. The number of hydrogen-bond acceptors (Lipinski definition) is 4. The van der Waals surface area contributed by atoms with Crippen molar-refractivity contribution in [2.24, 2.45) is 5.92 Å². The summed E-state index contributed by atoms with van der Waals surface area (Å²) >= 11 is 1.80. The second-order valence-corrected chi connectivity index (χ2v) is 6.19. The quantitative estimate of drug-likeness (QED) is 0.889. The fourth-order valence-corrected chi connectivity index (χ4v) is 3.81. The molecule has 0 unspecified atom stereocenters. The summed E-state index contributed by atoms with van der Waals surface area (Å²) in [6, 6.07) is 0.744. The van der Waals surface area contributed by atoms with Gasteiger partial charge in [0.1, 0.15) is 0 Å². The van der Waals surface area contributed by atoms with Crippen molar-refractivity contribution in [1.82, 2.24) is 15.2 Å². The van der Waals surface area contributed by atoms with Gasteiger partial charge in [-0.1, -0.05) is 6.92 Å². The topological polar surface area (TPSA) is 28.2 Å². The van der Waals surface area contributed by atoms with Crippen LogP contribution in [0.4, 0.5) is 0 Å². The average Bonchev–Trinajstić information content (AvgIpc) is 2.94. The molecule has 3 heterocycles. The van der Waals surface area contributed by atoms with E-state index in [1.54, 1.807) is 11.3 Å². The molecule has 0 aliphatic carbocycles. The third-order valence-electron chi connectivity index (χ3n) is 3.96. The maximum atomic E-state index is 4.67. The monoisotopic (exact) mass is 251 g/mol. The van der Waals surface area contributed by atoms with Crippen LogP contribution in [0, 0.1) is 5.92 Å². The summed E-state index contributed by atoms with van der Waals surface area (Å²) in [5.41, 5.74) is 1.27. The molecular formula is C13H21N3S. The fourth-order valence-electron chi connectivity index (χ4n) is 3.08. The van der Waals surface area contributed by atoms with E-state index in [-0.39, 0.29) is 0 Å². The minimum absolute atomic E-state index is 0.744. The number of hydrogen-bond donors (Lipinski definition) is 1. The molecule has 0 spiro atoms. The Hall–Kier alpha value is -0.450. The minimum Gasteiger partial charge on any atom is -0.312 e. The van der Waals surface area contributed by atoms with E-state index in [1.165, 1.54) is 43.2 Å². The van der Waals surface area contributed by atoms with Crippen molar-refractivity contribution in [3.05, 3.63) is 16.1 Å². The van der Waals surface area contributed by atoms with E-state index in [0.29, 0.717) is 0 Å².